The van der Waals surface area contributed by atoms with Gasteiger partial charge in [-0.15, -0.1) is 0 Å². The summed E-state index contributed by atoms with van der Waals surface area (Å²) in [6, 6.07) is 0. The maximum absolute atomic E-state index is 11.9. The minimum atomic E-state index is 0.391. The summed E-state index contributed by atoms with van der Waals surface area (Å²) in [4.78, 5) is 11.9. The summed E-state index contributed by atoms with van der Waals surface area (Å²) in [6.45, 7) is 18.3. The molecule has 27 heavy (non-hydrogen) atoms. The molecule has 3 aliphatic carbocycles. The Morgan fingerprint density at radius 2 is 1.67 bits per heavy atom. The summed E-state index contributed by atoms with van der Waals surface area (Å²) in [5.74, 6) is 4.54. The van der Waals surface area contributed by atoms with Crippen LogP contribution in [0.1, 0.15) is 113 Å². The Morgan fingerprint density at radius 3 is 2.22 bits per heavy atom. The van der Waals surface area contributed by atoms with Crippen LogP contribution in [0.5, 0.6) is 0 Å². The van der Waals surface area contributed by atoms with E-state index in [4.69, 9.17) is 0 Å². The smallest absolute Gasteiger partial charge is 0.155 e. The zero-order valence-corrected chi connectivity index (χ0v) is 19.7. The molecule has 0 amide bonds. The number of unbranched alkanes of at least 4 members (excludes halogenated alkanes) is 1. The molecule has 0 spiro atoms. The van der Waals surface area contributed by atoms with Gasteiger partial charge in [0.25, 0.3) is 0 Å². The predicted octanol–water partition coefficient (Wildman–Crippen LogP) is 8.23. The van der Waals surface area contributed by atoms with E-state index in [1.807, 2.05) is 19.9 Å². The van der Waals surface area contributed by atoms with Crippen LogP contribution in [0.15, 0.2) is 11.6 Å². The van der Waals surface area contributed by atoms with Crippen molar-refractivity contribution in [2.24, 2.45) is 35.0 Å². The fraction of sp³-hybridized carbons (Fsp3) is 0.885. The molecule has 2 saturated carbocycles. The van der Waals surface area contributed by atoms with Gasteiger partial charge in [0.2, 0.25) is 0 Å². The van der Waals surface area contributed by atoms with Crippen LogP contribution in [0.4, 0.5) is 0 Å². The molecule has 2 bridgehead atoms. The number of carbonyl (C=O) groups is 1. The first-order valence-corrected chi connectivity index (χ1v) is 12.1. The van der Waals surface area contributed by atoms with E-state index >= 15 is 0 Å². The second-order valence-electron chi connectivity index (χ2n) is 9.63. The summed E-state index contributed by atoms with van der Waals surface area (Å²) in [5.41, 5.74) is 1.98. The van der Waals surface area contributed by atoms with Gasteiger partial charge in [0.15, 0.2) is 5.78 Å². The third kappa shape index (κ3) is 5.94. The zero-order chi connectivity index (χ0) is 20.6. The molecule has 5 atom stereocenters. The average Bonchev–Trinajstić information content (AvgIpc) is 2.96. The molecule has 0 aliphatic heterocycles. The summed E-state index contributed by atoms with van der Waals surface area (Å²) >= 11 is 0. The van der Waals surface area contributed by atoms with E-state index in [9.17, 15) is 4.79 Å². The highest BCUT2D eigenvalue weighted by atomic mass is 16.1. The fourth-order valence-corrected chi connectivity index (χ4v) is 5.66. The molecule has 3 rings (SSSR count). The van der Waals surface area contributed by atoms with E-state index in [-0.39, 0.29) is 0 Å². The molecule has 0 aromatic rings. The Bertz CT molecular complexity index is 473. The van der Waals surface area contributed by atoms with Crippen molar-refractivity contribution in [1.82, 2.24) is 0 Å². The number of rotatable bonds is 2. The fourth-order valence-electron chi connectivity index (χ4n) is 5.66. The Morgan fingerprint density at radius 1 is 1.04 bits per heavy atom. The number of allylic oxidation sites excluding steroid dienone is 2. The van der Waals surface area contributed by atoms with Crippen molar-refractivity contribution in [3.05, 3.63) is 11.6 Å². The van der Waals surface area contributed by atoms with Crippen LogP contribution < -0.4 is 0 Å². The number of hydrogen-bond donors (Lipinski definition) is 0. The van der Waals surface area contributed by atoms with Gasteiger partial charge in [-0.25, -0.2) is 0 Å². The predicted molar refractivity (Wildman–Crippen MR) is 120 cm³/mol. The normalized spacial score (nSPS) is 35.4. The van der Waals surface area contributed by atoms with Crippen molar-refractivity contribution in [2.75, 3.05) is 0 Å². The van der Waals surface area contributed by atoms with Crippen LogP contribution in [-0.4, -0.2) is 5.78 Å². The van der Waals surface area contributed by atoms with E-state index < -0.39 is 0 Å². The molecular formula is C26H48O. The zero-order valence-electron chi connectivity index (χ0n) is 19.7. The lowest BCUT2D eigenvalue weighted by atomic mass is 9.53. The molecule has 0 heterocycles. The monoisotopic (exact) mass is 376 g/mol. The SMILES string of the molecule is CC.CC(C)C1(C)CCC2C3CCC(=O)C=C(CCC2C1C)C3.CCCC. The third-order valence-electron chi connectivity index (χ3n) is 8.12. The average molecular weight is 377 g/mol. The van der Waals surface area contributed by atoms with Crippen LogP contribution in [0.2, 0.25) is 0 Å². The molecule has 1 nitrogen and oxygen atoms in total. The van der Waals surface area contributed by atoms with E-state index in [0.717, 1.165) is 42.4 Å². The Balaban J connectivity index is 0.000000541. The van der Waals surface area contributed by atoms with Gasteiger partial charge < -0.3 is 0 Å². The van der Waals surface area contributed by atoms with Gasteiger partial charge >= 0.3 is 0 Å². The van der Waals surface area contributed by atoms with Crippen LogP contribution in [-0.2, 0) is 4.79 Å². The standard InChI is InChI=1S/C20H32O.C4H10.C2H6/c1-13(2)20(4)10-9-19-16-6-7-17(21)12-15(11-16)5-8-18(19)14(20)3;1-3-4-2;1-2/h12-14,16,18-19H,5-11H2,1-4H3;3-4H2,1-2H3;1-2H3. The molecule has 0 aromatic carbocycles. The van der Waals surface area contributed by atoms with Gasteiger partial charge in [0.1, 0.15) is 0 Å². The number of ketones is 1. The molecule has 158 valence electrons. The number of hydrogen-bond acceptors (Lipinski definition) is 1. The van der Waals surface area contributed by atoms with Gasteiger partial charge in [-0.1, -0.05) is 73.8 Å². The second-order valence-corrected chi connectivity index (χ2v) is 9.63. The molecule has 5 unspecified atom stereocenters. The van der Waals surface area contributed by atoms with Crippen LogP contribution in [0.25, 0.3) is 0 Å². The minimum absolute atomic E-state index is 0.391. The summed E-state index contributed by atoms with van der Waals surface area (Å²) in [7, 11) is 0. The highest BCUT2D eigenvalue weighted by Crippen LogP contribution is 2.56. The lowest BCUT2D eigenvalue weighted by molar-refractivity contribution is -0.115. The van der Waals surface area contributed by atoms with E-state index in [1.165, 1.54) is 50.5 Å². The van der Waals surface area contributed by atoms with Crippen LogP contribution >= 0.6 is 0 Å². The first-order valence-electron chi connectivity index (χ1n) is 12.1. The van der Waals surface area contributed by atoms with Gasteiger partial charge in [-0.05, 0) is 79.6 Å². The molecular weight excluding hydrogens is 328 g/mol. The van der Waals surface area contributed by atoms with Crippen molar-refractivity contribution in [2.45, 2.75) is 113 Å². The van der Waals surface area contributed by atoms with Crippen molar-refractivity contribution in [3.8, 4) is 0 Å². The van der Waals surface area contributed by atoms with Gasteiger partial charge in [0, 0.05) is 6.42 Å². The molecule has 0 radical (unpaired) electrons. The molecule has 3 aliphatic rings. The van der Waals surface area contributed by atoms with Crippen molar-refractivity contribution in [3.63, 3.8) is 0 Å². The minimum Gasteiger partial charge on any atom is -0.295 e. The highest BCUT2D eigenvalue weighted by molar-refractivity contribution is 5.90. The summed E-state index contributed by atoms with van der Waals surface area (Å²) in [6.07, 6.45) is 13.1. The highest BCUT2D eigenvalue weighted by Gasteiger charge is 2.48. The van der Waals surface area contributed by atoms with Gasteiger partial charge in [0.05, 0.1) is 0 Å². The Hall–Kier alpha value is -0.590. The maximum Gasteiger partial charge on any atom is 0.155 e. The number of carbonyl (C=O) groups excluding carboxylic acids is 1. The Kier molecular flexibility index (Phi) is 10.3. The summed E-state index contributed by atoms with van der Waals surface area (Å²) < 4.78 is 0. The Labute approximate surface area is 170 Å². The van der Waals surface area contributed by atoms with E-state index in [1.54, 1.807) is 0 Å². The third-order valence-corrected chi connectivity index (χ3v) is 8.12. The largest absolute Gasteiger partial charge is 0.295 e. The van der Waals surface area contributed by atoms with Gasteiger partial charge in [-0.2, -0.15) is 0 Å². The van der Waals surface area contributed by atoms with Crippen LogP contribution in [0, 0.1) is 35.0 Å². The summed E-state index contributed by atoms with van der Waals surface area (Å²) in [5, 5.41) is 0. The number of fused-ring (bicyclic) bond motifs is 4. The molecule has 1 heteroatoms. The van der Waals surface area contributed by atoms with Crippen molar-refractivity contribution in [1.29, 1.82) is 0 Å². The maximum atomic E-state index is 11.9. The molecule has 0 N–H and O–H groups in total. The van der Waals surface area contributed by atoms with E-state index in [0.29, 0.717) is 11.2 Å². The van der Waals surface area contributed by atoms with Crippen molar-refractivity contribution >= 4 is 5.78 Å². The van der Waals surface area contributed by atoms with Gasteiger partial charge in [-0.3, -0.25) is 4.79 Å². The quantitative estimate of drug-likeness (QED) is 0.474. The lowest BCUT2D eigenvalue weighted by Gasteiger charge is -2.52. The molecule has 0 aromatic heterocycles. The molecule has 0 saturated heterocycles. The second kappa shape index (κ2) is 11.4. The molecule has 2 fully saturated rings. The first-order chi connectivity index (χ1) is 12.8. The van der Waals surface area contributed by atoms with Crippen LogP contribution in [0.3, 0.4) is 0 Å². The topological polar surface area (TPSA) is 17.1 Å². The first kappa shape index (κ1) is 24.4. The lowest BCUT2D eigenvalue weighted by Crippen LogP contribution is -2.44. The van der Waals surface area contributed by atoms with E-state index in [2.05, 4.69) is 41.5 Å². The van der Waals surface area contributed by atoms with Crippen molar-refractivity contribution < 1.29 is 4.79 Å².